The summed E-state index contributed by atoms with van der Waals surface area (Å²) in [6.45, 7) is 0.665. The number of para-hydroxylation sites is 1. The minimum atomic E-state index is -0.658. The molecule has 4 rings (SSSR count). The van der Waals surface area contributed by atoms with E-state index in [1.807, 2.05) is 24.3 Å². The van der Waals surface area contributed by atoms with E-state index in [0.717, 1.165) is 22.8 Å². The third kappa shape index (κ3) is 3.26. The molecule has 0 bridgehead atoms. The van der Waals surface area contributed by atoms with Crippen molar-refractivity contribution in [3.63, 3.8) is 0 Å². The lowest BCUT2D eigenvalue weighted by molar-refractivity contribution is -0.128. The Hall–Kier alpha value is -2.34. The fourth-order valence-corrected chi connectivity index (χ4v) is 4.07. The largest absolute Gasteiger partial charge is 0.382 e. The van der Waals surface area contributed by atoms with Gasteiger partial charge < -0.3 is 9.74 Å². The Morgan fingerprint density at radius 2 is 2.12 bits per heavy atom. The van der Waals surface area contributed by atoms with Crippen LogP contribution in [0.5, 0.6) is 0 Å². The molecule has 0 N–H and O–H groups in total. The summed E-state index contributed by atoms with van der Waals surface area (Å²) in [5.74, 6) is 0.565. The quantitative estimate of drug-likeness (QED) is 0.821. The van der Waals surface area contributed by atoms with E-state index >= 15 is 0 Å². The van der Waals surface area contributed by atoms with Gasteiger partial charge in [0.2, 0.25) is 6.10 Å². The van der Waals surface area contributed by atoms with Crippen LogP contribution in [-0.2, 0) is 9.63 Å². The van der Waals surface area contributed by atoms with Crippen molar-refractivity contribution >= 4 is 29.1 Å². The molecule has 0 radical (unpaired) electrons. The van der Waals surface area contributed by atoms with Crippen LogP contribution in [0.1, 0.15) is 18.4 Å². The number of carbonyl (C=O) groups is 1. The van der Waals surface area contributed by atoms with Gasteiger partial charge in [0, 0.05) is 23.4 Å². The maximum absolute atomic E-state index is 13.4. The number of benzene rings is 2. The maximum atomic E-state index is 13.4. The summed E-state index contributed by atoms with van der Waals surface area (Å²) >= 11 is 1.77. The third-order valence-corrected chi connectivity index (χ3v) is 5.46. The van der Waals surface area contributed by atoms with Gasteiger partial charge in [0.05, 0.1) is 11.4 Å². The highest BCUT2D eigenvalue weighted by Gasteiger charge is 2.34. The zero-order chi connectivity index (χ0) is 17.2. The Morgan fingerprint density at radius 1 is 1.24 bits per heavy atom. The van der Waals surface area contributed by atoms with Gasteiger partial charge in [0.15, 0.2) is 0 Å². The van der Waals surface area contributed by atoms with Crippen molar-refractivity contribution in [1.29, 1.82) is 0 Å². The van der Waals surface area contributed by atoms with E-state index in [1.165, 1.54) is 12.1 Å². The van der Waals surface area contributed by atoms with Gasteiger partial charge in [0.25, 0.3) is 5.91 Å². The summed E-state index contributed by atoms with van der Waals surface area (Å²) in [4.78, 5) is 21.3. The fraction of sp³-hybridized carbons (Fsp3) is 0.263. The lowest BCUT2D eigenvalue weighted by atomic mass is 10.0. The standard InChI is InChI=1S/C19H17FN2O2S/c20-14-6-3-5-13(11-14)15-12-17(24-21-15)19(23)22-9-4-10-25-18-8-2-1-7-16(18)22/h1-3,5-8,11,17H,4,9-10,12H2. The monoisotopic (exact) mass is 356 g/mol. The molecule has 4 nitrogen and oxygen atoms in total. The molecule has 0 saturated heterocycles. The highest BCUT2D eigenvalue weighted by Crippen LogP contribution is 2.34. The van der Waals surface area contributed by atoms with Crippen molar-refractivity contribution in [3.05, 3.63) is 59.9 Å². The van der Waals surface area contributed by atoms with Gasteiger partial charge in [-0.25, -0.2) is 4.39 Å². The molecule has 0 saturated carbocycles. The fourth-order valence-electron chi connectivity index (χ4n) is 3.08. The Kier molecular flexibility index (Phi) is 4.44. The van der Waals surface area contributed by atoms with Crippen LogP contribution < -0.4 is 4.90 Å². The smallest absolute Gasteiger partial charge is 0.271 e. The van der Waals surface area contributed by atoms with Crippen LogP contribution in [-0.4, -0.2) is 30.0 Å². The van der Waals surface area contributed by atoms with Crippen LogP contribution in [0.4, 0.5) is 10.1 Å². The van der Waals surface area contributed by atoms with Crippen molar-refractivity contribution in [2.24, 2.45) is 5.16 Å². The van der Waals surface area contributed by atoms with Gasteiger partial charge >= 0.3 is 0 Å². The van der Waals surface area contributed by atoms with E-state index in [1.54, 1.807) is 28.8 Å². The van der Waals surface area contributed by atoms with Gasteiger partial charge in [0.1, 0.15) is 5.82 Å². The van der Waals surface area contributed by atoms with Gasteiger partial charge in [-0.1, -0.05) is 29.4 Å². The SMILES string of the molecule is O=C(C1CC(c2cccc(F)c2)=NO1)N1CCCSc2ccccc21. The first-order valence-electron chi connectivity index (χ1n) is 8.24. The summed E-state index contributed by atoms with van der Waals surface area (Å²) < 4.78 is 13.4. The number of hydrogen-bond acceptors (Lipinski definition) is 4. The number of carbonyl (C=O) groups excluding carboxylic acids is 1. The van der Waals surface area contributed by atoms with E-state index in [4.69, 9.17) is 4.84 Å². The molecular weight excluding hydrogens is 339 g/mol. The topological polar surface area (TPSA) is 41.9 Å². The van der Waals surface area contributed by atoms with E-state index in [0.29, 0.717) is 24.2 Å². The number of anilines is 1. The van der Waals surface area contributed by atoms with Gasteiger partial charge in [-0.15, -0.1) is 11.8 Å². The number of hydrogen-bond donors (Lipinski definition) is 0. The van der Waals surface area contributed by atoms with Crippen LogP contribution >= 0.6 is 11.8 Å². The summed E-state index contributed by atoms with van der Waals surface area (Å²) in [6.07, 6.45) is 0.623. The summed E-state index contributed by atoms with van der Waals surface area (Å²) in [5.41, 5.74) is 2.19. The minimum absolute atomic E-state index is 0.0925. The molecule has 0 spiro atoms. The molecule has 2 aliphatic rings. The number of nitrogens with zero attached hydrogens (tertiary/aromatic N) is 2. The minimum Gasteiger partial charge on any atom is -0.382 e. The second-order valence-corrected chi connectivity index (χ2v) is 7.14. The first-order valence-corrected chi connectivity index (χ1v) is 9.23. The molecule has 25 heavy (non-hydrogen) atoms. The van der Waals surface area contributed by atoms with Crippen LogP contribution in [0, 0.1) is 5.82 Å². The molecule has 128 valence electrons. The average Bonchev–Trinajstić information content (AvgIpc) is 3.02. The maximum Gasteiger partial charge on any atom is 0.271 e. The molecule has 0 aliphatic carbocycles. The van der Waals surface area contributed by atoms with Crippen molar-refractivity contribution in [1.82, 2.24) is 0 Å². The zero-order valence-corrected chi connectivity index (χ0v) is 14.3. The first-order chi connectivity index (χ1) is 12.2. The van der Waals surface area contributed by atoms with E-state index in [2.05, 4.69) is 5.16 Å². The van der Waals surface area contributed by atoms with Crippen LogP contribution in [0.3, 0.4) is 0 Å². The highest BCUT2D eigenvalue weighted by molar-refractivity contribution is 7.99. The Morgan fingerprint density at radius 3 is 3.00 bits per heavy atom. The molecule has 2 heterocycles. The normalized spacial score (nSPS) is 19.6. The Labute approximate surface area is 149 Å². The van der Waals surface area contributed by atoms with Gasteiger partial charge in [-0.05, 0) is 36.4 Å². The van der Waals surface area contributed by atoms with Gasteiger partial charge in [-0.2, -0.15) is 0 Å². The molecule has 6 heteroatoms. The van der Waals surface area contributed by atoms with Crippen LogP contribution in [0.25, 0.3) is 0 Å². The van der Waals surface area contributed by atoms with Crippen molar-refractivity contribution < 1.29 is 14.0 Å². The van der Waals surface area contributed by atoms with Crippen LogP contribution in [0.2, 0.25) is 0 Å². The molecular formula is C19H17FN2O2S. The first kappa shape index (κ1) is 16.1. The number of oxime groups is 1. The summed E-state index contributed by atoms with van der Waals surface area (Å²) in [7, 11) is 0. The number of fused-ring (bicyclic) bond motifs is 1. The molecule has 0 fully saturated rings. The summed E-state index contributed by atoms with van der Waals surface area (Å²) in [5, 5.41) is 4.02. The molecule has 2 aliphatic heterocycles. The molecule has 0 aromatic heterocycles. The van der Waals surface area contributed by atoms with E-state index in [9.17, 15) is 9.18 Å². The highest BCUT2D eigenvalue weighted by atomic mass is 32.2. The lowest BCUT2D eigenvalue weighted by Crippen LogP contribution is -2.40. The number of halogens is 1. The number of rotatable bonds is 2. The molecule has 1 amide bonds. The molecule has 2 aromatic carbocycles. The van der Waals surface area contributed by atoms with Crippen molar-refractivity contribution in [3.8, 4) is 0 Å². The van der Waals surface area contributed by atoms with Crippen molar-refractivity contribution in [2.45, 2.75) is 23.8 Å². The van der Waals surface area contributed by atoms with Crippen LogP contribution in [0.15, 0.2) is 58.6 Å². The summed E-state index contributed by atoms with van der Waals surface area (Å²) in [6, 6.07) is 14.1. The van der Waals surface area contributed by atoms with Gasteiger partial charge in [-0.3, -0.25) is 4.79 Å². The van der Waals surface area contributed by atoms with Crippen molar-refractivity contribution in [2.75, 3.05) is 17.2 Å². The Bertz CT molecular complexity index is 840. The number of amides is 1. The van der Waals surface area contributed by atoms with E-state index < -0.39 is 6.10 Å². The molecule has 2 aromatic rings. The second-order valence-electron chi connectivity index (χ2n) is 6.01. The van der Waals surface area contributed by atoms with E-state index in [-0.39, 0.29) is 11.7 Å². The third-order valence-electron chi connectivity index (χ3n) is 4.31. The molecule has 1 unspecified atom stereocenters. The number of thioether (sulfide) groups is 1. The average molecular weight is 356 g/mol. The predicted octanol–water partition coefficient (Wildman–Crippen LogP) is 3.85. The Balaban J connectivity index is 1.53. The molecule has 1 atom stereocenters. The zero-order valence-electron chi connectivity index (χ0n) is 13.5. The predicted molar refractivity (Wildman–Crippen MR) is 96.6 cm³/mol. The lowest BCUT2D eigenvalue weighted by Gasteiger charge is -2.24. The second kappa shape index (κ2) is 6.88.